The quantitative estimate of drug-likeness (QED) is 0.691. The van der Waals surface area contributed by atoms with Gasteiger partial charge in [-0.15, -0.1) is 0 Å². The van der Waals surface area contributed by atoms with Crippen molar-refractivity contribution in [3.63, 3.8) is 0 Å². The van der Waals surface area contributed by atoms with Gasteiger partial charge in [0.25, 0.3) is 5.91 Å². The first-order chi connectivity index (χ1) is 9.16. The highest BCUT2D eigenvalue weighted by atomic mass is 35.5. The van der Waals surface area contributed by atoms with Crippen molar-refractivity contribution in [3.05, 3.63) is 64.4 Å². The predicted molar refractivity (Wildman–Crippen MR) is 75.5 cm³/mol. The Kier molecular flexibility index (Phi) is 4.26. The van der Waals surface area contributed by atoms with Crippen LogP contribution in [0.5, 0.6) is 0 Å². The van der Waals surface area contributed by atoms with E-state index in [2.05, 4.69) is 15.5 Å². The third-order valence-corrected chi connectivity index (χ3v) is 2.91. The molecule has 0 atom stereocenters. The summed E-state index contributed by atoms with van der Waals surface area (Å²) in [6.45, 7) is 1.88. The first kappa shape index (κ1) is 13.2. The van der Waals surface area contributed by atoms with Gasteiger partial charge in [-0.25, -0.2) is 5.43 Å². The maximum atomic E-state index is 11.8. The van der Waals surface area contributed by atoms with Gasteiger partial charge in [0.2, 0.25) is 0 Å². The van der Waals surface area contributed by atoms with Gasteiger partial charge in [-0.05, 0) is 30.7 Å². The standard InChI is InChI=1S/C14H12ClN3O/c1-10-4-5-12(7-13(10)15)14(19)18-17-9-11-3-2-6-16-8-11/h2-9H,1H3,(H,18,19)/b17-9-. The van der Waals surface area contributed by atoms with Crippen LogP contribution in [0.1, 0.15) is 21.5 Å². The second-order valence-electron chi connectivity index (χ2n) is 3.95. The maximum Gasteiger partial charge on any atom is 0.271 e. The molecule has 2 aromatic rings. The van der Waals surface area contributed by atoms with Gasteiger partial charge in [0.05, 0.1) is 6.21 Å². The van der Waals surface area contributed by atoms with E-state index >= 15 is 0 Å². The van der Waals surface area contributed by atoms with E-state index in [0.29, 0.717) is 10.6 Å². The minimum atomic E-state index is -0.304. The van der Waals surface area contributed by atoms with Crippen LogP contribution in [0.15, 0.2) is 47.8 Å². The smallest absolute Gasteiger partial charge is 0.267 e. The summed E-state index contributed by atoms with van der Waals surface area (Å²) in [4.78, 5) is 15.7. The molecule has 0 aliphatic rings. The molecule has 4 nitrogen and oxygen atoms in total. The summed E-state index contributed by atoms with van der Waals surface area (Å²) >= 11 is 5.96. The molecule has 19 heavy (non-hydrogen) atoms. The molecular formula is C14H12ClN3O. The van der Waals surface area contributed by atoms with Crippen LogP contribution < -0.4 is 5.43 Å². The van der Waals surface area contributed by atoms with Crippen molar-refractivity contribution in [2.24, 2.45) is 5.10 Å². The maximum absolute atomic E-state index is 11.8. The van der Waals surface area contributed by atoms with Crippen LogP contribution in [-0.2, 0) is 0 Å². The fourth-order valence-corrected chi connectivity index (χ4v) is 1.60. The zero-order chi connectivity index (χ0) is 13.7. The molecule has 1 N–H and O–H groups in total. The SMILES string of the molecule is Cc1ccc(C(=O)N/N=C\c2cccnc2)cc1Cl. The third kappa shape index (κ3) is 3.63. The minimum absolute atomic E-state index is 0.304. The highest BCUT2D eigenvalue weighted by Crippen LogP contribution is 2.16. The van der Waals surface area contributed by atoms with E-state index in [-0.39, 0.29) is 5.91 Å². The van der Waals surface area contributed by atoms with Crippen LogP contribution in [-0.4, -0.2) is 17.1 Å². The molecule has 0 saturated carbocycles. The molecule has 2 rings (SSSR count). The van der Waals surface area contributed by atoms with Gasteiger partial charge in [0.1, 0.15) is 0 Å². The number of pyridine rings is 1. The first-order valence-electron chi connectivity index (χ1n) is 5.66. The summed E-state index contributed by atoms with van der Waals surface area (Å²) in [6.07, 6.45) is 4.85. The van der Waals surface area contributed by atoms with E-state index in [1.54, 1.807) is 36.7 Å². The Hall–Kier alpha value is -2.20. The second-order valence-corrected chi connectivity index (χ2v) is 4.36. The molecule has 5 heteroatoms. The van der Waals surface area contributed by atoms with Crippen LogP contribution in [0.2, 0.25) is 5.02 Å². The van der Waals surface area contributed by atoms with E-state index < -0.39 is 0 Å². The van der Waals surface area contributed by atoms with Crippen molar-refractivity contribution < 1.29 is 4.79 Å². The monoisotopic (exact) mass is 273 g/mol. The summed E-state index contributed by atoms with van der Waals surface area (Å²) < 4.78 is 0. The van der Waals surface area contributed by atoms with E-state index in [1.807, 2.05) is 13.0 Å². The molecule has 0 saturated heterocycles. The van der Waals surface area contributed by atoms with Gasteiger partial charge in [0.15, 0.2) is 0 Å². The molecule has 0 aliphatic carbocycles. The van der Waals surface area contributed by atoms with Crippen molar-refractivity contribution in [2.45, 2.75) is 6.92 Å². The summed E-state index contributed by atoms with van der Waals surface area (Å²) in [5.74, 6) is -0.304. The van der Waals surface area contributed by atoms with E-state index in [9.17, 15) is 4.79 Å². The molecule has 0 spiro atoms. The number of nitrogens with zero attached hydrogens (tertiary/aromatic N) is 2. The number of hydrogen-bond acceptors (Lipinski definition) is 3. The number of rotatable bonds is 3. The highest BCUT2D eigenvalue weighted by molar-refractivity contribution is 6.31. The number of halogens is 1. The van der Waals surface area contributed by atoms with E-state index in [1.165, 1.54) is 6.21 Å². The van der Waals surface area contributed by atoms with Crippen molar-refractivity contribution in [3.8, 4) is 0 Å². The van der Waals surface area contributed by atoms with E-state index in [4.69, 9.17) is 11.6 Å². The van der Waals surface area contributed by atoms with Crippen molar-refractivity contribution in [1.29, 1.82) is 0 Å². The molecule has 1 heterocycles. The Morgan fingerprint density at radius 3 is 2.95 bits per heavy atom. The Bertz CT molecular complexity index is 611. The van der Waals surface area contributed by atoms with Gasteiger partial charge in [-0.2, -0.15) is 5.10 Å². The number of aromatic nitrogens is 1. The first-order valence-corrected chi connectivity index (χ1v) is 6.04. The Labute approximate surface area is 116 Å². The molecule has 0 radical (unpaired) electrons. The lowest BCUT2D eigenvalue weighted by molar-refractivity contribution is 0.0955. The summed E-state index contributed by atoms with van der Waals surface area (Å²) in [7, 11) is 0. The zero-order valence-electron chi connectivity index (χ0n) is 10.3. The number of nitrogens with one attached hydrogen (secondary N) is 1. The fraction of sp³-hybridized carbons (Fsp3) is 0.0714. The lowest BCUT2D eigenvalue weighted by Gasteiger charge is -2.02. The van der Waals surface area contributed by atoms with Crippen LogP contribution in [0.4, 0.5) is 0 Å². The lowest BCUT2D eigenvalue weighted by atomic mass is 10.1. The Morgan fingerprint density at radius 2 is 2.26 bits per heavy atom. The summed E-state index contributed by atoms with van der Waals surface area (Å²) in [6, 6.07) is 8.75. The molecular weight excluding hydrogens is 262 g/mol. The van der Waals surface area contributed by atoms with Crippen LogP contribution >= 0.6 is 11.6 Å². The van der Waals surface area contributed by atoms with Crippen LogP contribution in [0, 0.1) is 6.92 Å². The molecule has 0 bridgehead atoms. The molecule has 1 amide bonds. The Balaban J connectivity index is 2.01. The summed E-state index contributed by atoms with van der Waals surface area (Å²) in [5.41, 5.74) is 4.65. The molecule has 0 unspecified atom stereocenters. The number of hydrogen-bond donors (Lipinski definition) is 1. The molecule has 0 fully saturated rings. The molecule has 1 aromatic carbocycles. The normalized spacial score (nSPS) is 10.6. The number of carbonyl (C=O) groups is 1. The molecule has 96 valence electrons. The van der Waals surface area contributed by atoms with Gasteiger partial charge in [0, 0.05) is 28.5 Å². The largest absolute Gasteiger partial charge is 0.271 e. The number of amides is 1. The lowest BCUT2D eigenvalue weighted by Crippen LogP contribution is -2.17. The van der Waals surface area contributed by atoms with Gasteiger partial charge < -0.3 is 0 Å². The van der Waals surface area contributed by atoms with Crippen molar-refractivity contribution >= 4 is 23.7 Å². The minimum Gasteiger partial charge on any atom is -0.267 e. The number of benzene rings is 1. The van der Waals surface area contributed by atoms with Gasteiger partial charge in [-0.3, -0.25) is 9.78 Å². The second kappa shape index (κ2) is 6.11. The third-order valence-electron chi connectivity index (χ3n) is 2.50. The van der Waals surface area contributed by atoms with Gasteiger partial charge in [-0.1, -0.05) is 23.7 Å². The van der Waals surface area contributed by atoms with E-state index in [0.717, 1.165) is 11.1 Å². The summed E-state index contributed by atoms with van der Waals surface area (Å²) in [5, 5.41) is 4.42. The van der Waals surface area contributed by atoms with Crippen molar-refractivity contribution in [2.75, 3.05) is 0 Å². The molecule has 1 aromatic heterocycles. The molecule has 0 aliphatic heterocycles. The number of carbonyl (C=O) groups excluding carboxylic acids is 1. The fourth-order valence-electron chi connectivity index (χ4n) is 1.42. The predicted octanol–water partition coefficient (Wildman–Crippen LogP) is 2.81. The number of aryl methyl sites for hydroxylation is 1. The topological polar surface area (TPSA) is 54.4 Å². The van der Waals surface area contributed by atoms with Crippen molar-refractivity contribution in [1.82, 2.24) is 10.4 Å². The highest BCUT2D eigenvalue weighted by Gasteiger charge is 2.05. The number of hydrazone groups is 1. The average molecular weight is 274 g/mol. The zero-order valence-corrected chi connectivity index (χ0v) is 11.1. The van der Waals surface area contributed by atoms with Crippen LogP contribution in [0.25, 0.3) is 0 Å². The Morgan fingerprint density at radius 1 is 1.42 bits per heavy atom. The van der Waals surface area contributed by atoms with Gasteiger partial charge >= 0.3 is 0 Å². The average Bonchev–Trinajstić information content (AvgIpc) is 2.43. The van der Waals surface area contributed by atoms with Crippen LogP contribution in [0.3, 0.4) is 0 Å².